The number of alkyl carbamates (subject to hydrolysis) is 2. The Morgan fingerprint density at radius 2 is 0.818 bits per heavy atom. The molecule has 55 heavy (non-hydrogen) atoms. The molecule has 0 aliphatic heterocycles. The van der Waals surface area contributed by atoms with Crippen LogP contribution in [0.2, 0.25) is 0 Å². The first kappa shape index (κ1) is 51.9. The normalized spacial score (nSPS) is 15.7. The van der Waals surface area contributed by atoms with E-state index in [4.69, 9.17) is 0 Å². The van der Waals surface area contributed by atoms with Crippen LogP contribution in [0.15, 0.2) is 0 Å². The largest absolute Gasteiger partial charge is 0.443 e. The summed E-state index contributed by atoms with van der Waals surface area (Å²) < 4.78 is 324. The minimum absolute atomic E-state index is 0.172. The van der Waals surface area contributed by atoms with Gasteiger partial charge in [0.15, 0.2) is 13.2 Å². The van der Waals surface area contributed by atoms with Crippen LogP contribution >= 0.6 is 0 Å². The summed E-state index contributed by atoms with van der Waals surface area (Å²) in [6.07, 6.45) is -16.3. The zero-order valence-electron chi connectivity index (χ0n) is 27.2. The van der Waals surface area contributed by atoms with Gasteiger partial charge in [-0.1, -0.05) is 20.8 Å². The third kappa shape index (κ3) is 10.1. The van der Waals surface area contributed by atoms with Crippen LogP contribution in [-0.2, 0) is 9.47 Å². The van der Waals surface area contributed by atoms with Crippen molar-refractivity contribution in [3.05, 3.63) is 0 Å². The van der Waals surface area contributed by atoms with Crippen LogP contribution in [0.4, 0.5) is 115 Å². The standard InChI is InChI=1S/C25H26F24N2O4/c1-10(7-51-14(53)55-9-17(32,33)21(40,41)25(48,49)23(44,45)19(36,37)12(28)29)6-15(2,3)4-5-50-13(52)54-8-16(30,31)20(38,39)24(46,47)22(42,43)18(34,35)11(26)27/h10-12H,4-9H2,1-3H3,(H,50,52)(H,51,53). The molecule has 0 saturated heterocycles. The van der Waals surface area contributed by atoms with Crippen molar-refractivity contribution in [2.24, 2.45) is 11.3 Å². The number of hydrogen-bond donors (Lipinski definition) is 2. The molecule has 0 radical (unpaired) electrons. The number of alkyl halides is 24. The van der Waals surface area contributed by atoms with Gasteiger partial charge >= 0.3 is 84.3 Å². The molecule has 0 bridgehead atoms. The lowest BCUT2D eigenvalue weighted by atomic mass is 9.80. The molecule has 6 nitrogen and oxygen atoms in total. The van der Waals surface area contributed by atoms with Crippen molar-refractivity contribution < 1.29 is 124 Å². The van der Waals surface area contributed by atoms with Crippen molar-refractivity contribution in [3.63, 3.8) is 0 Å². The summed E-state index contributed by atoms with van der Waals surface area (Å²) in [5.74, 6) is -74.9. The van der Waals surface area contributed by atoms with Gasteiger partial charge in [-0.25, -0.2) is 27.2 Å². The lowest BCUT2D eigenvalue weighted by molar-refractivity contribution is -0.414. The molecule has 1 atom stereocenters. The Labute approximate surface area is 291 Å². The summed E-state index contributed by atoms with van der Waals surface area (Å²) in [6.45, 7) is -3.96. The van der Waals surface area contributed by atoms with Gasteiger partial charge in [-0.05, 0) is 24.2 Å². The average molecular weight is 874 g/mol. The molecule has 0 spiro atoms. The second kappa shape index (κ2) is 16.4. The maximum absolute atomic E-state index is 13.8. The van der Waals surface area contributed by atoms with Gasteiger partial charge in [0.2, 0.25) is 0 Å². The lowest BCUT2D eigenvalue weighted by Crippen LogP contribution is -2.69. The van der Waals surface area contributed by atoms with Crippen molar-refractivity contribution >= 4 is 12.2 Å². The molecule has 0 aromatic heterocycles. The van der Waals surface area contributed by atoms with E-state index in [2.05, 4.69) is 9.47 Å². The summed E-state index contributed by atoms with van der Waals surface area (Å²) in [4.78, 5) is 23.2. The molecule has 328 valence electrons. The first-order valence-corrected chi connectivity index (χ1v) is 14.1. The highest BCUT2D eigenvalue weighted by Crippen LogP contribution is 2.59. The quantitative estimate of drug-likeness (QED) is 0.113. The Hall–Kier alpha value is -3.14. The van der Waals surface area contributed by atoms with Crippen LogP contribution in [-0.4, -0.2) is 111 Å². The molecule has 0 aromatic carbocycles. The van der Waals surface area contributed by atoms with E-state index in [1.54, 1.807) is 10.6 Å². The highest BCUT2D eigenvalue weighted by Gasteiger charge is 2.89. The van der Waals surface area contributed by atoms with Gasteiger partial charge in [0.25, 0.3) is 0 Å². The van der Waals surface area contributed by atoms with E-state index < -0.39 is 122 Å². The van der Waals surface area contributed by atoms with Gasteiger partial charge in [-0.2, -0.15) is 87.8 Å². The van der Waals surface area contributed by atoms with Crippen molar-refractivity contribution in [3.8, 4) is 0 Å². The molecular weight excluding hydrogens is 848 g/mol. The number of hydrogen-bond acceptors (Lipinski definition) is 4. The van der Waals surface area contributed by atoms with Crippen LogP contribution in [0.5, 0.6) is 0 Å². The molecule has 0 heterocycles. The van der Waals surface area contributed by atoms with E-state index in [1.807, 2.05) is 0 Å². The van der Waals surface area contributed by atoms with E-state index in [-0.39, 0.29) is 12.8 Å². The van der Waals surface area contributed by atoms with Crippen molar-refractivity contribution in [2.75, 3.05) is 26.3 Å². The summed E-state index contributed by atoms with van der Waals surface area (Å²) in [5, 5.41) is 3.17. The summed E-state index contributed by atoms with van der Waals surface area (Å²) in [6, 6.07) is 0. The smallest absolute Gasteiger partial charge is 0.407 e. The Bertz CT molecular complexity index is 1310. The Balaban J connectivity index is 5.20. The van der Waals surface area contributed by atoms with Crippen LogP contribution in [0, 0.1) is 11.3 Å². The van der Waals surface area contributed by atoms with E-state index in [0.29, 0.717) is 0 Å². The number of halogens is 24. The van der Waals surface area contributed by atoms with E-state index in [9.17, 15) is 115 Å². The third-order valence-corrected chi connectivity index (χ3v) is 7.22. The second-order valence-corrected chi connectivity index (χ2v) is 12.4. The van der Waals surface area contributed by atoms with Crippen LogP contribution < -0.4 is 10.6 Å². The van der Waals surface area contributed by atoms with Crippen molar-refractivity contribution in [2.45, 2.75) is 106 Å². The zero-order valence-corrected chi connectivity index (χ0v) is 27.2. The maximum Gasteiger partial charge on any atom is 0.407 e. The maximum atomic E-state index is 13.8. The predicted molar refractivity (Wildman–Crippen MR) is 132 cm³/mol. The Morgan fingerprint density at radius 1 is 0.509 bits per heavy atom. The fourth-order valence-corrected chi connectivity index (χ4v) is 4.02. The molecule has 0 aromatic rings. The Kier molecular flexibility index (Phi) is 15.4. The first-order valence-electron chi connectivity index (χ1n) is 14.1. The fraction of sp³-hybridized carbons (Fsp3) is 0.920. The van der Waals surface area contributed by atoms with Gasteiger partial charge in [-0.3, -0.25) is 0 Å². The van der Waals surface area contributed by atoms with Gasteiger partial charge < -0.3 is 20.1 Å². The lowest BCUT2D eigenvalue weighted by Gasteiger charge is -2.38. The predicted octanol–water partition coefficient (Wildman–Crippen LogP) is 9.76. The number of amides is 2. The zero-order chi connectivity index (χ0) is 44.5. The van der Waals surface area contributed by atoms with Crippen LogP contribution in [0.1, 0.15) is 33.6 Å². The molecule has 0 saturated carbocycles. The number of carbonyl (C=O) groups excluding carboxylic acids is 2. The van der Waals surface area contributed by atoms with Gasteiger partial charge in [-0.15, -0.1) is 0 Å². The van der Waals surface area contributed by atoms with E-state index in [1.165, 1.54) is 20.8 Å². The molecule has 30 heteroatoms. The van der Waals surface area contributed by atoms with Gasteiger partial charge in [0, 0.05) is 13.1 Å². The van der Waals surface area contributed by atoms with Crippen LogP contribution in [0.25, 0.3) is 0 Å². The van der Waals surface area contributed by atoms with Crippen molar-refractivity contribution in [1.82, 2.24) is 10.6 Å². The summed E-state index contributed by atoms with van der Waals surface area (Å²) in [7, 11) is 0. The van der Waals surface area contributed by atoms with E-state index >= 15 is 0 Å². The minimum atomic E-state index is -7.87. The van der Waals surface area contributed by atoms with E-state index in [0.717, 1.165) is 0 Å². The summed E-state index contributed by atoms with van der Waals surface area (Å²) >= 11 is 0. The van der Waals surface area contributed by atoms with Gasteiger partial charge in [0.1, 0.15) is 0 Å². The summed E-state index contributed by atoms with van der Waals surface area (Å²) in [5.41, 5.74) is -1.11. The molecular formula is C25H26F24N2O4. The van der Waals surface area contributed by atoms with Crippen LogP contribution in [0.3, 0.4) is 0 Å². The molecule has 2 amide bonds. The second-order valence-electron chi connectivity index (χ2n) is 12.4. The number of rotatable bonds is 21. The average Bonchev–Trinajstić information content (AvgIpc) is 3.00. The number of carbonyl (C=O) groups is 2. The molecule has 2 N–H and O–H groups in total. The van der Waals surface area contributed by atoms with Gasteiger partial charge in [0.05, 0.1) is 0 Å². The molecule has 0 aliphatic rings. The topological polar surface area (TPSA) is 76.7 Å². The molecule has 0 fully saturated rings. The number of nitrogens with one attached hydrogen (secondary N) is 2. The third-order valence-electron chi connectivity index (χ3n) is 7.22. The monoisotopic (exact) mass is 874 g/mol. The fourth-order valence-electron chi connectivity index (χ4n) is 4.02. The Morgan fingerprint density at radius 3 is 1.13 bits per heavy atom. The number of ether oxygens (including phenoxy) is 2. The SMILES string of the molecule is CC(CNC(=O)OCC(F)(F)C(F)(F)C(F)(F)C(F)(F)C(F)(F)C(F)F)CC(C)(C)CCNC(=O)OCC(F)(F)C(F)(F)C(F)(F)C(F)(F)C(F)(F)C(F)F. The molecule has 0 rings (SSSR count). The highest BCUT2D eigenvalue weighted by molar-refractivity contribution is 5.67. The first-order chi connectivity index (χ1) is 24.0. The highest BCUT2D eigenvalue weighted by atomic mass is 19.4. The molecule has 1 unspecified atom stereocenters. The van der Waals surface area contributed by atoms with Crippen molar-refractivity contribution in [1.29, 1.82) is 0 Å². The molecule has 0 aliphatic carbocycles. The minimum Gasteiger partial charge on any atom is -0.443 e.